The molecule has 25 heavy (non-hydrogen) atoms. The lowest BCUT2D eigenvalue weighted by molar-refractivity contribution is 0.0382. The number of nitrogens with zero attached hydrogens (tertiary/aromatic N) is 3. The fourth-order valence-electron chi connectivity index (χ4n) is 3.32. The zero-order valence-electron chi connectivity index (χ0n) is 14.3. The summed E-state index contributed by atoms with van der Waals surface area (Å²) in [5.74, 6) is 0. The number of benzene rings is 1. The van der Waals surface area contributed by atoms with Gasteiger partial charge in [-0.2, -0.15) is 4.31 Å². The van der Waals surface area contributed by atoms with E-state index in [1.165, 1.54) is 16.4 Å². The monoisotopic (exact) mass is 387 g/mol. The first-order chi connectivity index (χ1) is 11.8. The summed E-state index contributed by atoms with van der Waals surface area (Å²) in [6.45, 7) is 5.95. The molecule has 0 aliphatic carbocycles. The van der Waals surface area contributed by atoms with Crippen LogP contribution in [0.15, 0.2) is 29.2 Å². The molecule has 0 N–H and O–H groups in total. The highest BCUT2D eigenvalue weighted by molar-refractivity contribution is 7.89. The van der Waals surface area contributed by atoms with Gasteiger partial charge in [0.05, 0.1) is 24.3 Å². The van der Waals surface area contributed by atoms with Crippen molar-refractivity contribution in [2.24, 2.45) is 0 Å². The first-order valence-electron chi connectivity index (χ1n) is 8.25. The van der Waals surface area contributed by atoms with Gasteiger partial charge < -0.3 is 14.5 Å². The zero-order chi connectivity index (χ0) is 18.2. The van der Waals surface area contributed by atoms with E-state index in [4.69, 9.17) is 16.3 Å². The number of halogens is 1. The average Bonchev–Trinajstić information content (AvgIpc) is 2.90. The maximum absolute atomic E-state index is 13.0. The van der Waals surface area contributed by atoms with E-state index >= 15 is 0 Å². The molecule has 7 nitrogen and oxygen atoms in total. The van der Waals surface area contributed by atoms with Crippen molar-refractivity contribution in [2.45, 2.75) is 31.0 Å². The lowest BCUT2D eigenvalue weighted by Crippen LogP contribution is -2.52. The van der Waals surface area contributed by atoms with Crippen LogP contribution < -0.4 is 0 Å². The van der Waals surface area contributed by atoms with Gasteiger partial charge in [-0.3, -0.25) is 0 Å². The Bertz CT molecular complexity index is 734. The van der Waals surface area contributed by atoms with Gasteiger partial charge >= 0.3 is 6.03 Å². The van der Waals surface area contributed by atoms with Crippen molar-refractivity contribution in [1.29, 1.82) is 0 Å². The molecule has 1 aromatic carbocycles. The number of sulfonamides is 1. The fourth-order valence-corrected chi connectivity index (χ4v) is 5.11. The Hall–Kier alpha value is -1.35. The maximum atomic E-state index is 13.0. The van der Waals surface area contributed by atoms with Crippen LogP contribution in [0.3, 0.4) is 0 Å². The van der Waals surface area contributed by atoms with Crippen molar-refractivity contribution in [3.63, 3.8) is 0 Å². The molecule has 2 atom stereocenters. The number of carbonyl (C=O) groups excluding carboxylic acids is 1. The van der Waals surface area contributed by atoms with Crippen molar-refractivity contribution in [3.8, 4) is 0 Å². The SMILES string of the molecule is C[C@@H]1CN(S(=O)(=O)c2ccc(Cl)cc2)[C@H](C)N1C(=O)N1CCOCC1. The molecule has 2 fully saturated rings. The van der Waals surface area contributed by atoms with Gasteiger partial charge in [-0.05, 0) is 38.1 Å². The summed E-state index contributed by atoms with van der Waals surface area (Å²) >= 11 is 5.85. The van der Waals surface area contributed by atoms with Crippen LogP contribution in [0.4, 0.5) is 4.79 Å². The Morgan fingerprint density at radius 2 is 1.76 bits per heavy atom. The minimum absolute atomic E-state index is 0.142. The van der Waals surface area contributed by atoms with Gasteiger partial charge in [-0.15, -0.1) is 0 Å². The molecule has 0 radical (unpaired) electrons. The van der Waals surface area contributed by atoms with E-state index in [2.05, 4.69) is 0 Å². The van der Waals surface area contributed by atoms with E-state index in [0.29, 0.717) is 31.3 Å². The molecule has 2 aliphatic heterocycles. The lowest BCUT2D eigenvalue weighted by Gasteiger charge is -2.35. The van der Waals surface area contributed by atoms with Crippen LogP contribution in [0.25, 0.3) is 0 Å². The Labute approximate surface area is 153 Å². The largest absolute Gasteiger partial charge is 0.378 e. The highest BCUT2D eigenvalue weighted by atomic mass is 35.5. The summed E-state index contributed by atoms with van der Waals surface area (Å²) < 4.78 is 32.6. The third-order valence-electron chi connectivity index (χ3n) is 4.66. The normalized spacial score (nSPS) is 25.4. The molecule has 2 heterocycles. The highest BCUT2D eigenvalue weighted by Crippen LogP contribution is 2.29. The second kappa shape index (κ2) is 7.11. The van der Waals surface area contributed by atoms with Crippen LogP contribution in [0.5, 0.6) is 0 Å². The molecule has 0 saturated carbocycles. The molecule has 2 saturated heterocycles. The molecule has 0 spiro atoms. The number of urea groups is 1. The maximum Gasteiger partial charge on any atom is 0.321 e. The van der Waals surface area contributed by atoms with E-state index in [1.807, 2.05) is 6.92 Å². The molecule has 0 aromatic heterocycles. The Balaban J connectivity index is 1.82. The van der Waals surface area contributed by atoms with Crippen LogP contribution in [0.1, 0.15) is 13.8 Å². The Kier molecular flexibility index (Phi) is 5.24. The van der Waals surface area contributed by atoms with Crippen LogP contribution >= 0.6 is 11.6 Å². The number of ether oxygens (including phenoxy) is 1. The summed E-state index contributed by atoms with van der Waals surface area (Å²) in [4.78, 5) is 16.4. The molecule has 3 rings (SSSR count). The minimum Gasteiger partial charge on any atom is -0.378 e. The predicted molar refractivity (Wildman–Crippen MR) is 93.9 cm³/mol. The first kappa shape index (κ1) is 18.4. The van der Waals surface area contributed by atoms with E-state index < -0.39 is 16.2 Å². The summed E-state index contributed by atoms with van der Waals surface area (Å²) in [7, 11) is -3.70. The predicted octanol–water partition coefficient (Wildman–Crippen LogP) is 1.83. The molecule has 2 aliphatic rings. The van der Waals surface area contributed by atoms with Gasteiger partial charge in [0, 0.05) is 30.7 Å². The Morgan fingerprint density at radius 3 is 2.36 bits per heavy atom. The number of hydrogen-bond donors (Lipinski definition) is 0. The Morgan fingerprint density at radius 1 is 1.16 bits per heavy atom. The van der Waals surface area contributed by atoms with Gasteiger partial charge in [0.2, 0.25) is 10.0 Å². The standard InChI is InChI=1S/C16H22ClN3O4S/c1-12-11-19(25(22,23)15-5-3-14(17)4-6-15)13(2)20(12)16(21)18-7-9-24-10-8-18/h3-6,12-13H,7-11H2,1-2H3/t12-,13+/m1/s1. The number of carbonyl (C=O) groups is 1. The number of amides is 2. The number of morpholine rings is 1. The zero-order valence-corrected chi connectivity index (χ0v) is 15.8. The lowest BCUT2D eigenvalue weighted by atomic mass is 10.3. The second-order valence-electron chi connectivity index (χ2n) is 6.30. The van der Waals surface area contributed by atoms with Gasteiger partial charge in [0.1, 0.15) is 0 Å². The molecule has 138 valence electrons. The second-order valence-corrected chi connectivity index (χ2v) is 8.63. The van der Waals surface area contributed by atoms with Crippen molar-refractivity contribution < 1.29 is 17.9 Å². The number of rotatable bonds is 2. The fraction of sp³-hybridized carbons (Fsp3) is 0.562. The van der Waals surface area contributed by atoms with Crippen LogP contribution in [-0.4, -0.2) is 73.6 Å². The van der Waals surface area contributed by atoms with Crippen LogP contribution in [0, 0.1) is 0 Å². The molecular formula is C16H22ClN3O4S. The molecule has 2 amide bonds. The molecular weight excluding hydrogens is 366 g/mol. The number of hydrogen-bond acceptors (Lipinski definition) is 4. The highest BCUT2D eigenvalue weighted by Gasteiger charge is 2.45. The smallest absolute Gasteiger partial charge is 0.321 e. The van der Waals surface area contributed by atoms with E-state index in [1.54, 1.807) is 28.9 Å². The van der Waals surface area contributed by atoms with Gasteiger partial charge in [-0.1, -0.05) is 11.6 Å². The van der Waals surface area contributed by atoms with Crippen molar-refractivity contribution in [1.82, 2.24) is 14.1 Å². The third kappa shape index (κ3) is 3.48. The van der Waals surface area contributed by atoms with E-state index in [9.17, 15) is 13.2 Å². The summed E-state index contributed by atoms with van der Waals surface area (Å²) in [5.41, 5.74) is 0. The van der Waals surface area contributed by atoms with Gasteiger partial charge in [0.25, 0.3) is 0 Å². The van der Waals surface area contributed by atoms with E-state index in [-0.39, 0.29) is 23.5 Å². The summed E-state index contributed by atoms with van der Waals surface area (Å²) in [6.07, 6.45) is -0.550. The molecule has 9 heteroatoms. The van der Waals surface area contributed by atoms with Crippen molar-refractivity contribution >= 4 is 27.7 Å². The summed E-state index contributed by atoms with van der Waals surface area (Å²) in [6, 6.07) is 5.73. The average molecular weight is 388 g/mol. The molecule has 0 bridgehead atoms. The van der Waals surface area contributed by atoms with Crippen LogP contribution in [0.2, 0.25) is 5.02 Å². The van der Waals surface area contributed by atoms with E-state index in [0.717, 1.165) is 0 Å². The summed E-state index contributed by atoms with van der Waals surface area (Å²) in [5, 5.41) is 0.478. The topological polar surface area (TPSA) is 70.2 Å². The van der Waals surface area contributed by atoms with Gasteiger partial charge in [0.15, 0.2) is 0 Å². The first-order valence-corrected chi connectivity index (χ1v) is 10.1. The molecule has 1 aromatic rings. The molecule has 0 unspecified atom stereocenters. The van der Waals surface area contributed by atoms with Crippen molar-refractivity contribution in [3.05, 3.63) is 29.3 Å². The quantitative estimate of drug-likeness (QED) is 0.776. The van der Waals surface area contributed by atoms with Crippen LogP contribution in [-0.2, 0) is 14.8 Å². The van der Waals surface area contributed by atoms with Gasteiger partial charge in [-0.25, -0.2) is 13.2 Å². The van der Waals surface area contributed by atoms with Crippen molar-refractivity contribution in [2.75, 3.05) is 32.8 Å². The third-order valence-corrected chi connectivity index (χ3v) is 6.85. The minimum atomic E-state index is -3.70.